The third-order valence-corrected chi connectivity index (χ3v) is 6.05. The lowest BCUT2D eigenvalue weighted by Crippen LogP contribution is -2.50. The third-order valence-electron chi connectivity index (χ3n) is 4.20. The summed E-state index contributed by atoms with van der Waals surface area (Å²) in [5.74, 6) is -0.645. The van der Waals surface area contributed by atoms with Crippen LogP contribution >= 0.6 is 0 Å². The highest BCUT2D eigenvalue weighted by molar-refractivity contribution is 7.88. The Balaban J connectivity index is 1.61. The van der Waals surface area contributed by atoms with Crippen molar-refractivity contribution in [1.29, 1.82) is 0 Å². The first-order valence-corrected chi connectivity index (χ1v) is 9.63. The number of carbonyl (C=O) groups excluding carboxylic acids is 1. The standard InChI is InChI=1S/C18H19FN2O3S/c19-17-8-6-16(7-9-17)18(22)20-10-12-21(13-11-20)25(23,24)14-15-4-2-1-3-5-15/h1-9H,10-14H2. The molecule has 0 radical (unpaired) electrons. The fourth-order valence-corrected chi connectivity index (χ4v) is 4.34. The van der Waals surface area contributed by atoms with Gasteiger partial charge in [-0.25, -0.2) is 12.8 Å². The Kier molecular flexibility index (Phi) is 5.15. The molecule has 1 heterocycles. The van der Waals surface area contributed by atoms with Gasteiger partial charge in [-0.3, -0.25) is 4.79 Å². The van der Waals surface area contributed by atoms with Crippen LogP contribution in [0.2, 0.25) is 0 Å². The number of carbonyl (C=O) groups is 1. The molecule has 5 nitrogen and oxygen atoms in total. The second-order valence-electron chi connectivity index (χ2n) is 5.94. The van der Waals surface area contributed by atoms with Crippen molar-refractivity contribution in [1.82, 2.24) is 9.21 Å². The summed E-state index contributed by atoms with van der Waals surface area (Å²) >= 11 is 0. The topological polar surface area (TPSA) is 57.7 Å². The van der Waals surface area contributed by atoms with E-state index in [4.69, 9.17) is 0 Å². The van der Waals surface area contributed by atoms with E-state index >= 15 is 0 Å². The van der Waals surface area contributed by atoms with Gasteiger partial charge in [0.1, 0.15) is 5.82 Å². The van der Waals surface area contributed by atoms with Gasteiger partial charge in [0.05, 0.1) is 5.75 Å². The zero-order valence-corrected chi connectivity index (χ0v) is 14.5. The first-order chi connectivity index (χ1) is 12.0. The molecule has 0 saturated carbocycles. The summed E-state index contributed by atoms with van der Waals surface area (Å²) in [7, 11) is -3.41. The Bertz CT molecular complexity index is 830. The minimum absolute atomic E-state index is 0.0419. The molecular weight excluding hydrogens is 343 g/mol. The lowest BCUT2D eigenvalue weighted by atomic mass is 10.2. The van der Waals surface area contributed by atoms with Crippen LogP contribution in [0.5, 0.6) is 0 Å². The smallest absolute Gasteiger partial charge is 0.253 e. The van der Waals surface area contributed by atoms with Gasteiger partial charge in [-0.05, 0) is 29.8 Å². The van der Waals surface area contributed by atoms with Crippen molar-refractivity contribution in [3.63, 3.8) is 0 Å². The van der Waals surface area contributed by atoms with Crippen LogP contribution in [-0.4, -0.2) is 49.7 Å². The quantitative estimate of drug-likeness (QED) is 0.837. The van der Waals surface area contributed by atoms with Gasteiger partial charge in [0.25, 0.3) is 5.91 Å². The van der Waals surface area contributed by atoms with Gasteiger partial charge in [-0.1, -0.05) is 30.3 Å². The highest BCUT2D eigenvalue weighted by atomic mass is 32.2. The van der Waals surface area contributed by atoms with Gasteiger partial charge in [-0.2, -0.15) is 4.31 Å². The number of piperazine rings is 1. The molecule has 2 aromatic rings. The highest BCUT2D eigenvalue weighted by Crippen LogP contribution is 2.15. The predicted molar refractivity (Wildman–Crippen MR) is 92.9 cm³/mol. The first kappa shape index (κ1) is 17.6. The molecule has 3 rings (SSSR count). The molecule has 0 aromatic heterocycles. The minimum atomic E-state index is -3.41. The minimum Gasteiger partial charge on any atom is -0.336 e. The van der Waals surface area contributed by atoms with Crippen LogP contribution in [-0.2, 0) is 15.8 Å². The van der Waals surface area contributed by atoms with Gasteiger partial charge in [0, 0.05) is 31.7 Å². The molecule has 0 unspecified atom stereocenters. The summed E-state index contributed by atoms with van der Waals surface area (Å²) in [6.45, 7) is 1.18. The summed E-state index contributed by atoms with van der Waals surface area (Å²) < 4.78 is 39.4. The molecule has 0 spiro atoms. The summed E-state index contributed by atoms with van der Waals surface area (Å²) in [6.07, 6.45) is 0. The van der Waals surface area contributed by atoms with Crippen molar-refractivity contribution in [3.8, 4) is 0 Å². The number of nitrogens with zero attached hydrogens (tertiary/aromatic N) is 2. The van der Waals surface area contributed by atoms with E-state index in [2.05, 4.69) is 0 Å². The number of amides is 1. The van der Waals surface area contributed by atoms with Crippen molar-refractivity contribution in [2.45, 2.75) is 5.75 Å². The van der Waals surface area contributed by atoms with Crippen molar-refractivity contribution >= 4 is 15.9 Å². The van der Waals surface area contributed by atoms with Crippen LogP contribution in [0.25, 0.3) is 0 Å². The van der Waals surface area contributed by atoms with E-state index in [1.54, 1.807) is 17.0 Å². The van der Waals surface area contributed by atoms with Crippen LogP contribution in [0.3, 0.4) is 0 Å². The number of hydrogen-bond acceptors (Lipinski definition) is 3. The predicted octanol–water partition coefficient (Wildman–Crippen LogP) is 2.11. The van der Waals surface area contributed by atoms with E-state index in [1.807, 2.05) is 18.2 Å². The molecule has 0 N–H and O–H groups in total. The maximum Gasteiger partial charge on any atom is 0.253 e. The lowest BCUT2D eigenvalue weighted by molar-refractivity contribution is 0.0697. The summed E-state index contributed by atoms with van der Waals surface area (Å²) in [6, 6.07) is 14.4. The second kappa shape index (κ2) is 7.33. The number of rotatable bonds is 4. The average molecular weight is 362 g/mol. The third kappa shape index (κ3) is 4.24. The van der Waals surface area contributed by atoms with Crippen molar-refractivity contribution in [2.24, 2.45) is 0 Å². The summed E-state index contributed by atoms with van der Waals surface area (Å²) in [4.78, 5) is 14.0. The van der Waals surface area contributed by atoms with E-state index in [9.17, 15) is 17.6 Å². The van der Waals surface area contributed by atoms with E-state index in [0.717, 1.165) is 5.56 Å². The van der Waals surface area contributed by atoms with Gasteiger partial charge in [0.15, 0.2) is 0 Å². The maximum absolute atomic E-state index is 13.0. The fraction of sp³-hybridized carbons (Fsp3) is 0.278. The Labute approximate surface area is 146 Å². The Morgan fingerprint density at radius 1 is 0.920 bits per heavy atom. The van der Waals surface area contributed by atoms with Crippen LogP contribution < -0.4 is 0 Å². The van der Waals surface area contributed by atoms with Crippen LogP contribution in [0, 0.1) is 5.82 Å². The largest absolute Gasteiger partial charge is 0.336 e. The molecule has 1 amide bonds. The van der Waals surface area contributed by atoms with E-state index in [-0.39, 0.29) is 24.7 Å². The van der Waals surface area contributed by atoms with E-state index < -0.39 is 15.8 Å². The van der Waals surface area contributed by atoms with Gasteiger partial charge < -0.3 is 4.90 Å². The van der Waals surface area contributed by atoms with E-state index in [0.29, 0.717) is 18.7 Å². The fourth-order valence-electron chi connectivity index (χ4n) is 2.82. The van der Waals surface area contributed by atoms with E-state index in [1.165, 1.54) is 28.6 Å². The lowest BCUT2D eigenvalue weighted by Gasteiger charge is -2.34. The first-order valence-electron chi connectivity index (χ1n) is 8.02. The number of hydrogen-bond donors (Lipinski definition) is 0. The average Bonchev–Trinajstić information content (AvgIpc) is 2.62. The van der Waals surface area contributed by atoms with Crippen LogP contribution in [0.15, 0.2) is 54.6 Å². The van der Waals surface area contributed by atoms with Crippen LogP contribution in [0.4, 0.5) is 4.39 Å². The molecule has 1 aliphatic rings. The Morgan fingerprint density at radius 3 is 2.12 bits per heavy atom. The normalized spacial score (nSPS) is 16.0. The van der Waals surface area contributed by atoms with Crippen molar-refractivity contribution in [2.75, 3.05) is 26.2 Å². The van der Waals surface area contributed by atoms with Crippen molar-refractivity contribution < 1.29 is 17.6 Å². The maximum atomic E-state index is 13.0. The van der Waals surface area contributed by atoms with Crippen molar-refractivity contribution in [3.05, 3.63) is 71.5 Å². The zero-order valence-electron chi connectivity index (χ0n) is 13.6. The Hall–Kier alpha value is -2.25. The Morgan fingerprint density at radius 2 is 1.52 bits per heavy atom. The number of halogens is 1. The monoisotopic (exact) mass is 362 g/mol. The molecule has 132 valence electrons. The molecule has 2 aromatic carbocycles. The molecular formula is C18H19FN2O3S. The zero-order chi connectivity index (χ0) is 17.9. The summed E-state index contributed by atoms with van der Waals surface area (Å²) in [5, 5.41) is 0. The number of benzene rings is 2. The highest BCUT2D eigenvalue weighted by Gasteiger charge is 2.29. The van der Waals surface area contributed by atoms with Gasteiger partial charge in [-0.15, -0.1) is 0 Å². The molecule has 0 bridgehead atoms. The number of sulfonamides is 1. The molecule has 1 fully saturated rings. The van der Waals surface area contributed by atoms with Gasteiger partial charge >= 0.3 is 0 Å². The van der Waals surface area contributed by atoms with Gasteiger partial charge in [0.2, 0.25) is 10.0 Å². The SMILES string of the molecule is O=C(c1ccc(F)cc1)N1CCN(S(=O)(=O)Cc2ccccc2)CC1. The molecule has 0 aliphatic carbocycles. The molecule has 0 atom stereocenters. The second-order valence-corrected chi connectivity index (χ2v) is 7.91. The molecule has 1 saturated heterocycles. The molecule has 25 heavy (non-hydrogen) atoms. The molecule has 1 aliphatic heterocycles. The summed E-state index contributed by atoms with van der Waals surface area (Å²) in [5.41, 5.74) is 1.15. The molecule has 7 heteroatoms. The van der Waals surface area contributed by atoms with Crippen LogP contribution in [0.1, 0.15) is 15.9 Å².